The maximum Gasteiger partial charge on any atom is 0.190 e. The van der Waals surface area contributed by atoms with Gasteiger partial charge in [0, 0.05) is 26.9 Å². The number of rotatable bonds is 3. The summed E-state index contributed by atoms with van der Waals surface area (Å²) in [5, 5.41) is 6.03. The second-order valence-electron chi connectivity index (χ2n) is 4.05. The van der Waals surface area contributed by atoms with E-state index in [9.17, 15) is 8.42 Å². The topological polar surface area (TPSA) is 70.6 Å². The lowest BCUT2D eigenvalue weighted by Gasteiger charge is -2.10. The summed E-state index contributed by atoms with van der Waals surface area (Å²) in [5.41, 5.74) is 1.77. The van der Waals surface area contributed by atoms with Crippen molar-refractivity contribution in [3.05, 3.63) is 29.3 Å². The number of benzene rings is 1. The van der Waals surface area contributed by atoms with Gasteiger partial charge >= 0.3 is 0 Å². The van der Waals surface area contributed by atoms with Crippen molar-refractivity contribution in [2.45, 2.75) is 18.4 Å². The van der Waals surface area contributed by atoms with Crippen molar-refractivity contribution < 1.29 is 8.42 Å². The maximum atomic E-state index is 11.5. The minimum atomic E-state index is -3.15. The number of sulfone groups is 1. The smallest absolute Gasteiger partial charge is 0.190 e. The molecule has 7 heteroatoms. The normalized spacial score (nSPS) is 11.7. The summed E-state index contributed by atoms with van der Waals surface area (Å²) in [5.74, 6) is 0.694. The van der Waals surface area contributed by atoms with Crippen LogP contribution < -0.4 is 10.6 Å². The number of aryl methyl sites for hydroxylation is 1. The maximum absolute atomic E-state index is 11.5. The van der Waals surface area contributed by atoms with Crippen LogP contribution >= 0.6 is 24.0 Å². The molecule has 108 valence electrons. The summed E-state index contributed by atoms with van der Waals surface area (Å²) in [6.07, 6.45) is 1.22. The van der Waals surface area contributed by atoms with Crippen molar-refractivity contribution in [2.75, 3.05) is 20.4 Å². The van der Waals surface area contributed by atoms with Crippen molar-refractivity contribution in [3.8, 4) is 0 Å². The molecule has 1 aromatic carbocycles. The fraction of sp³-hybridized carbons (Fsp3) is 0.417. The zero-order valence-electron chi connectivity index (χ0n) is 11.5. The Kier molecular flexibility index (Phi) is 7.35. The third kappa shape index (κ3) is 5.35. The van der Waals surface area contributed by atoms with E-state index in [2.05, 4.69) is 15.6 Å². The molecule has 0 heterocycles. The Morgan fingerprint density at radius 1 is 1.37 bits per heavy atom. The third-order valence-corrected chi connectivity index (χ3v) is 3.82. The number of aliphatic imine (C=N–C) groups is 1. The van der Waals surface area contributed by atoms with E-state index in [-0.39, 0.29) is 24.0 Å². The van der Waals surface area contributed by atoms with Gasteiger partial charge in [-0.2, -0.15) is 0 Å². The number of nitrogens with one attached hydrogen (secondary N) is 2. The highest BCUT2D eigenvalue weighted by molar-refractivity contribution is 14.0. The largest absolute Gasteiger partial charge is 0.359 e. The Bertz CT molecular complexity index is 556. The molecular formula is C12H20IN3O2S. The molecule has 0 saturated heterocycles. The summed E-state index contributed by atoms with van der Waals surface area (Å²) in [6.45, 7) is 2.39. The van der Waals surface area contributed by atoms with Gasteiger partial charge in [0.25, 0.3) is 0 Å². The summed E-state index contributed by atoms with van der Waals surface area (Å²) in [4.78, 5) is 4.38. The SMILES string of the molecule is CN=C(NC)NCc1ccc(S(C)(=O)=O)c(C)c1.I. The van der Waals surface area contributed by atoms with Crippen LogP contribution in [0.3, 0.4) is 0 Å². The summed E-state index contributed by atoms with van der Waals surface area (Å²) in [6, 6.07) is 5.31. The first-order valence-electron chi connectivity index (χ1n) is 5.56. The van der Waals surface area contributed by atoms with Crippen molar-refractivity contribution in [1.29, 1.82) is 0 Å². The molecule has 0 aromatic heterocycles. The van der Waals surface area contributed by atoms with E-state index < -0.39 is 9.84 Å². The molecule has 0 unspecified atom stereocenters. The second-order valence-corrected chi connectivity index (χ2v) is 6.03. The molecule has 1 rings (SSSR count). The zero-order chi connectivity index (χ0) is 13.8. The molecule has 0 amide bonds. The van der Waals surface area contributed by atoms with Crippen LogP contribution in [0.15, 0.2) is 28.1 Å². The molecule has 0 aliphatic rings. The first kappa shape index (κ1) is 18.2. The lowest BCUT2D eigenvalue weighted by atomic mass is 10.1. The van der Waals surface area contributed by atoms with E-state index in [0.29, 0.717) is 17.4 Å². The van der Waals surface area contributed by atoms with E-state index in [0.717, 1.165) is 11.1 Å². The van der Waals surface area contributed by atoms with Gasteiger partial charge in [-0.05, 0) is 24.1 Å². The Morgan fingerprint density at radius 3 is 2.42 bits per heavy atom. The van der Waals surface area contributed by atoms with Gasteiger partial charge in [-0.15, -0.1) is 24.0 Å². The summed E-state index contributed by atoms with van der Waals surface area (Å²) >= 11 is 0. The molecule has 1 aromatic rings. The third-order valence-electron chi connectivity index (χ3n) is 2.56. The highest BCUT2D eigenvalue weighted by Gasteiger charge is 2.10. The van der Waals surface area contributed by atoms with Crippen molar-refractivity contribution in [3.63, 3.8) is 0 Å². The van der Waals surface area contributed by atoms with Crippen molar-refractivity contribution in [1.82, 2.24) is 10.6 Å². The lowest BCUT2D eigenvalue weighted by Crippen LogP contribution is -2.34. The minimum Gasteiger partial charge on any atom is -0.359 e. The fourth-order valence-electron chi connectivity index (χ4n) is 1.70. The Balaban J connectivity index is 0.00000324. The highest BCUT2D eigenvalue weighted by Crippen LogP contribution is 2.16. The number of hydrogen-bond donors (Lipinski definition) is 2. The van der Waals surface area contributed by atoms with Gasteiger partial charge in [-0.3, -0.25) is 4.99 Å². The first-order chi connectivity index (χ1) is 8.38. The molecule has 0 aliphatic carbocycles. The van der Waals surface area contributed by atoms with E-state index in [1.807, 2.05) is 6.07 Å². The Morgan fingerprint density at radius 2 is 2.00 bits per heavy atom. The van der Waals surface area contributed by atoms with Crippen LogP contribution in [0.5, 0.6) is 0 Å². The van der Waals surface area contributed by atoms with Crippen LogP contribution in [0, 0.1) is 6.92 Å². The summed E-state index contributed by atoms with van der Waals surface area (Å²) in [7, 11) is 0.329. The van der Waals surface area contributed by atoms with E-state index in [1.165, 1.54) is 6.26 Å². The van der Waals surface area contributed by atoms with Crippen LogP contribution in [0.1, 0.15) is 11.1 Å². The molecule has 0 fully saturated rings. The number of nitrogens with zero attached hydrogens (tertiary/aromatic N) is 1. The number of hydrogen-bond acceptors (Lipinski definition) is 3. The standard InChI is InChI=1S/C12H19N3O2S.HI/c1-9-7-10(8-15-12(13-2)14-3)5-6-11(9)18(4,16)17;/h5-7H,8H2,1-4H3,(H2,13,14,15);1H. The van der Waals surface area contributed by atoms with Crippen LogP contribution in [0.4, 0.5) is 0 Å². The monoisotopic (exact) mass is 397 g/mol. The summed E-state index contributed by atoms with van der Waals surface area (Å²) < 4.78 is 23.0. The predicted molar refractivity (Wildman–Crippen MR) is 89.0 cm³/mol. The van der Waals surface area contributed by atoms with Gasteiger partial charge < -0.3 is 10.6 Å². The molecule has 0 bridgehead atoms. The van der Waals surface area contributed by atoms with Crippen LogP contribution in [0.2, 0.25) is 0 Å². The number of guanidine groups is 1. The van der Waals surface area contributed by atoms with Crippen LogP contribution in [-0.2, 0) is 16.4 Å². The quantitative estimate of drug-likeness (QED) is 0.459. The van der Waals surface area contributed by atoms with Gasteiger partial charge in [0.1, 0.15) is 0 Å². The minimum absolute atomic E-state index is 0. The van der Waals surface area contributed by atoms with Gasteiger partial charge in [0.15, 0.2) is 15.8 Å². The van der Waals surface area contributed by atoms with Crippen LogP contribution in [-0.4, -0.2) is 34.7 Å². The fourth-order valence-corrected chi connectivity index (χ4v) is 2.66. The van der Waals surface area contributed by atoms with Crippen molar-refractivity contribution >= 4 is 39.8 Å². The molecule has 5 nitrogen and oxygen atoms in total. The van der Waals surface area contributed by atoms with E-state index in [4.69, 9.17) is 0 Å². The second kappa shape index (κ2) is 7.68. The molecule has 2 N–H and O–H groups in total. The van der Waals surface area contributed by atoms with Gasteiger partial charge in [0.05, 0.1) is 4.90 Å². The average molecular weight is 397 g/mol. The van der Waals surface area contributed by atoms with Gasteiger partial charge in [-0.1, -0.05) is 12.1 Å². The Hall–Kier alpha value is -0.830. The molecular weight excluding hydrogens is 377 g/mol. The van der Waals surface area contributed by atoms with E-state index >= 15 is 0 Å². The first-order valence-corrected chi connectivity index (χ1v) is 7.45. The molecule has 19 heavy (non-hydrogen) atoms. The molecule has 0 spiro atoms. The molecule has 0 atom stereocenters. The average Bonchev–Trinajstić information content (AvgIpc) is 2.28. The molecule has 0 saturated carbocycles. The molecule has 0 radical (unpaired) electrons. The van der Waals surface area contributed by atoms with Gasteiger partial charge in [0.2, 0.25) is 0 Å². The highest BCUT2D eigenvalue weighted by atomic mass is 127. The van der Waals surface area contributed by atoms with E-state index in [1.54, 1.807) is 33.2 Å². The lowest BCUT2D eigenvalue weighted by molar-refractivity contribution is 0.601. The predicted octanol–water partition coefficient (Wildman–Crippen LogP) is 1.31. The zero-order valence-corrected chi connectivity index (χ0v) is 14.7. The molecule has 0 aliphatic heterocycles. The van der Waals surface area contributed by atoms with Crippen molar-refractivity contribution in [2.24, 2.45) is 4.99 Å². The van der Waals surface area contributed by atoms with Gasteiger partial charge in [-0.25, -0.2) is 8.42 Å². The number of halogens is 1. The van der Waals surface area contributed by atoms with Crippen LogP contribution in [0.25, 0.3) is 0 Å². The Labute approximate surface area is 131 Å².